The molecule has 0 saturated carbocycles. The first-order chi connectivity index (χ1) is 9.65. The summed E-state index contributed by atoms with van der Waals surface area (Å²) < 4.78 is 9.69. The fourth-order valence-electron chi connectivity index (χ4n) is 1.78. The molecule has 1 N–H and O–H groups in total. The van der Waals surface area contributed by atoms with Crippen molar-refractivity contribution in [3.63, 3.8) is 0 Å². The van der Waals surface area contributed by atoms with Crippen LogP contribution in [0.1, 0.15) is 48.4 Å². The van der Waals surface area contributed by atoms with Crippen LogP contribution in [0.3, 0.4) is 0 Å². The van der Waals surface area contributed by atoms with Crippen molar-refractivity contribution < 1.29 is 33.8 Å². The van der Waals surface area contributed by atoms with Crippen LogP contribution >= 0.6 is 0 Å². The molecule has 0 unspecified atom stereocenters. The van der Waals surface area contributed by atoms with E-state index in [1.165, 1.54) is 0 Å². The number of hydrogen-bond acceptors (Lipinski definition) is 7. The number of ketones is 2. The molecule has 1 rings (SSSR count). The summed E-state index contributed by atoms with van der Waals surface area (Å²) in [7, 11) is 0. The molecule has 1 aromatic rings. The molecule has 0 aromatic heterocycles. The summed E-state index contributed by atoms with van der Waals surface area (Å²) in [6.07, 6.45) is 0. The van der Waals surface area contributed by atoms with Crippen LogP contribution in [-0.2, 0) is 9.59 Å². The Bertz CT molecular complexity index is 643. The molecule has 0 aliphatic heterocycles. The van der Waals surface area contributed by atoms with E-state index in [2.05, 4.69) is 0 Å². The molecule has 0 bridgehead atoms. The van der Waals surface area contributed by atoms with Gasteiger partial charge in [-0.15, -0.1) is 0 Å². The van der Waals surface area contributed by atoms with Crippen molar-refractivity contribution in [3.05, 3.63) is 17.2 Å². The van der Waals surface area contributed by atoms with Crippen LogP contribution in [0.15, 0.2) is 6.07 Å². The van der Waals surface area contributed by atoms with Crippen LogP contribution in [-0.4, -0.2) is 28.6 Å². The molecule has 0 atom stereocenters. The smallest absolute Gasteiger partial charge is 0.308 e. The van der Waals surface area contributed by atoms with E-state index in [9.17, 15) is 24.3 Å². The molecule has 21 heavy (non-hydrogen) atoms. The Hall–Kier alpha value is -2.70. The van der Waals surface area contributed by atoms with Gasteiger partial charge in [-0.1, -0.05) is 0 Å². The van der Waals surface area contributed by atoms with Crippen molar-refractivity contribution in [1.82, 2.24) is 0 Å². The molecule has 0 heterocycles. The topological polar surface area (TPSA) is 107 Å². The number of phenols is 1. The van der Waals surface area contributed by atoms with Gasteiger partial charge >= 0.3 is 11.9 Å². The number of ether oxygens (including phenoxy) is 2. The molecular formula is C14H14O7. The SMILES string of the molecule is CC(=O)Oc1cc(O)c(C(C)=O)c(OC(C)=O)c1C(C)=O. The number of carbonyl (C=O) groups is 4. The number of benzene rings is 1. The molecule has 0 saturated heterocycles. The maximum absolute atomic E-state index is 11.8. The Morgan fingerprint density at radius 2 is 1.33 bits per heavy atom. The van der Waals surface area contributed by atoms with E-state index in [-0.39, 0.29) is 16.9 Å². The highest BCUT2D eigenvalue weighted by molar-refractivity contribution is 6.08. The van der Waals surface area contributed by atoms with Gasteiger partial charge in [0.1, 0.15) is 22.6 Å². The Balaban J connectivity index is 3.75. The molecule has 7 heteroatoms. The molecule has 0 spiro atoms. The largest absolute Gasteiger partial charge is 0.507 e. The maximum atomic E-state index is 11.8. The maximum Gasteiger partial charge on any atom is 0.308 e. The molecular weight excluding hydrogens is 280 g/mol. The van der Waals surface area contributed by atoms with E-state index in [1.54, 1.807) is 0 Å². The Kier molecular flexibility index (Phi) is 4.80. The second-order valence-corrected chi connectivity index (χ2v) is 4.27. The van der Waals surface area contributed by atoms with E-state index in [0.717, 1.165) is 33.8 Å². The molecule has 112 valence electrons. The predicted molar refractivity (Wildman–Crippen MR) is 70.7 cm³/mol. The lowest BCUT2D eigenvalue weighted by Crippen LogP contribution is -2.14. The minimum Gasteiger partial charge on any atom is -0.507 e. The first-order valence-electron chi connectivity index (χ1n) is 5.93. The lowest BCUT2D eigenvalue weighted by molar-refractivity contribution is -0.132. The lowest BCUT2D eigenvalue weighted by Gasteiger charge is -2.15. The van der Waals surface area contributed by atoms with Gasteiger partial charge in [-0.3, -0.25) is 19.2 Å². The monoisotopic (exact) mass is 294 g/mol. The average Bonchev–Trinajstić information content (AvgIpc) is 2.24. The Morgan fingerprint density at radius 1 is 0.857 bits per heavy atom. The Morgan fingerprint density at radius 3 is 1.71 bits per heavy atom. The second kappa shape index (κ2) is 6.17. The molecule has 0 amide bonds. The minimum absolute atomic E-state index is 0.261. The summed E-state index contributed by atoms with van der Waals surface area (Å²) in [5.74, 6) is -3.99. The number of rotatable bonds is 4. The third-order valence-corrected chi connectivity index (χ3v) is 2.43. The van der Waals surface area contributed by atoms with Crippen LogP contribution in [0.4, 0.5) is 0 Å². The highest BCUT2D eigenvalue weighted by Gasteiger charge is 2.27. The third kappa shape index (κ3) is 3.65. The molecule has 0 aliphatic carbocycles. The van der Waals surface area contributed by atoms with Gasteiger partial charge < -0.3 is 14.6 Å². The van der Waals surface area contributed by atoms with E-state index in [1.807, 2.05) is 0 Å². The van der Waals surface area contributed by atoms with Gasteiger partial charge in [0.05, 0.1) is 0 Å². The van der Waals surface area contributed by atoms with Gasteiger partial charge in [-0.2, -0.15) is 0 Å². The number of phenolic OH excluding ortho intramolecular Hbond substituents is 1. The van der Waals surface area contributed by atoms with Gasteiger partial charge in [-0.05, 0) is 13.8 Å². The van der Waals surface area contributed by atoms with Crippen molar-refractivity contribution >= 4 is 23.5 Å². The fraction of sp³-hybridized carbons (Fsp3) is 0.286. The van der Waals surface area contributed by atoms with Crippen LogP contribution in [0.2, 0.25) is 0 Å². The molecule has 0 radical (unpaired) electrons. The zero-order chi connectivity index (χ0) is 16.3. The summed E-state index contributed by atoms with van der Waals surface area (Å²) in [6, 6.07) is 0.960. The van der Waals surface area contributed by atoms with E-state index in [0.29, 0.717) is 0 Å². The van der Waals surface area contributed by atoms with E-state index >= 15 is 0 Å². The van der Waals surface area contributed by atoms with Crippen molar-refractivity contribution in [2.45, 2.75) is 27.7 Å². The quantitative estimate of drug-likeness (QED) is 0.511. The summed E-state index contributed by atoms with van der Waals surface area (Å²) in [5.41, 5.74) is -0.588. The standard InChI is InChI=1S/C14H14O7/c1-6(15)12-10(19)5-11(20-8(3)17)13(7(2)16)14(12)21-9(4)18/h5,19H,1-4H3. The van der Waals surface area contributed by atoms with E-state index in [4.69, 9.17) is 9.47 Å². The summed E-state index contributed by atoms with van der Waals surface area (Å²) in [4.78, 5) is 45.6. The van der Waals surface area contributed by atoms with Crippen molar-refractivity contribution in [3.8, 4) is 17.2 Å². The second-order valence-electron chi connectivity index (χ2n) is 4.27. The molecule has 0 aliphatic rings. The highest BCUT2D eigenvalue weighted by Crippen LogP contribution is 2.39. The average molecular weight is 294 g/mol. The van der Waals surface area contributed by atoms with Crippen LogP contribution in [0.25, 0.3) is 0 Å². The summed E-state index contributed by atoms with van der Waals surface area (Å²) in [6.45, 7) is 4.46. The van der Waals surface area contributed by atoms with Gasteiger partial charge in [-0.25, -0.2) is 0 Å². The predicted octanol–water partition coefficient (Wildman–Crippen LogP) is 1.65. The first kappa shape index (κ1) is 16.4. The van der Waals surface area contributed by atoms with Crippen LogP contribution in [0, 0.1) is 0 Å². The highest BCUT2D eigenvalue weighted by atomic mass is 16.5. The summed E-state index contributed by atoms with van der Waals surface area (Å²) >= 11 is 0. The number of Topliss-reactive ketones (excluding diaryl/α,β-unsaturated/α-hetero) is 2. The zero-order valence-electron chi connectivity index (χ0n) is 12.0. The van der Waals surface area contributed by atoms with Crippen molar-refractivity contribution in [1.29, 1.82) is 0 Å². The fourth-order valence-corrected chi connectivity index (χ4v) is 1.78. The zero-order valence-corrected chi connectivity index (χ0v) is 12.0. The number of hydrogen-bond donors (Lipinski definition) is 1. The first-order valence-corrected chi connectivity index (χ1v) is 5.93. The van der Waals surface area contributed by atoms with Gasteiger partial charge in [0.2, 0.25) is 0 Å². The molecule has 0 fully saturated rings. The molecule has 7 nitrogen and oxygen atoms in total. The normalized spacial score (nSPS) is 9.90. The number of aromatic hydroxyl groups is 1. The van der Waals surface area contributed by atoms with Crippen molar-refractivity contribution in [2.75, 3.05) is 0 Å². The van der Waals surface area contributed by atoms with Crippen molar-refractivity contribution in [2.24, 2.45) is 0 Å². The number of esters is 2. The van der Waals surface area contributed by atoms with Crippen LogP contribution in [0.5, 0.6) is 17.2 Å². The number of carbonyl (C=O) groups excluding carboxylic acids is 4. The summed E-state index contributed by atoms with van der Waals surface area (Å²) in [5, 5.41) is 9.86. The third-order valence-electron chi connectivity index (χ3n) is 2.43. The van der Waals surface area contributed by atoms with Gasteiger partial charge in [0.15, 0.2) is 17.3 Å². The minimum atomic E-state index is -0.792. The van der Waals surface area contributed by atoms with Gasteiger partial charge in [0.25, 0.3) is 0 Å². The molecule has 1 aromatic carbocycles. The Labute approximate surface area is 120 Å². The van der Waals surface area contributed by atoms with E-state index < -0.39 is 35.0 Å². The van der Waals surface area contributed by atoms with Crippen LogP contribution < -0.4 is 9.47 Å². The lowest BCUT2D eigenvalue weighted by atomic mass is 10.0. The van der Waals surface area contributed by atoms with Gasteiger partial charge in [0, 0.05) is 19.9 Å².